The highest BCUT2D eigenvalue weighted by Crippen LogP contribution is 2.34. The summed E-state index contributed by atoms with van der Waals surface area (Å²) in [6, 6.07) is 3.47. The molecule has 1 aromatic heterocycles. The van der Waals surface area contributed by atoms with Crippen LogP contribution < -0.4 is 11.5 Å². The Hall–Kier alpha value is -2.14. The van der Waals surface area contributed by atoms with Gasteiger partial charge in [-0.15, -0.1) is 11.3 Å². The first kappa shape index (κ1) is 13.3. The lowest BCUT2D eigenvalue weighted by molar-refractivity contribution is 0.665. The van der Waals surface area contributed by atoms with Crippen molar-refractivity contribution in [3.63, 3.8) is 0 Å². The number of nitrogens with zero attached hydrogens (tertiary/aromatic N) is 1. The SMILES string of the molecule is C=C(/C=C\C(F)=C/C)c1nc2c(N)ccc(N)c2s1. The van der Waals surface area contributed by atoms with Gasteiger partial charge in [-0.1, -0.05) is 12.7 Å². The van der Waals surface area contributed by atoms with Crippen molar-refractivity contribution in [2.75, 3.05) is 11.5 Å². The number of nitrogens with two attached hydrogens (primary N) is 2. The van der Waals surface area contributed by atoms with Crippen molar-refractivity contribution in [3.05, 3.63) is 47.8 Å². The zero-order chi connectivity index (χ0) is 14.0. The molecule has 0 bridgehead atoms. The molecule has 0 saturated heterocycles. The molecule has 5 heteroatoms. The first-order valence-electron chi connectivity index (χ1n) is 5.66. The van der Waals surface area contributed by atoms with Crippen LogP contribution in [-0.2, 0) is 0 Å². The largest absolute Gasteiger partial charge is 0.398 e. The van der Waals surface area contributed by atoms with Crippen molar-refractivity contribution in [3.8, 4) is 0 Å². The predicted molar refractivity (Wildman–Crippen MR) is 81.5 cm³/mol. The standard InChI is InChI=1S/C14H14FN3S/c1-3-9(15)5-4-8(2)14-18-12-10(16)6-7-11(17)13(12)19-14/h3-7H,2,16-17H2,1H3/b5-4-,9-3+. The summed E-state index contributed by atoms with van der Waals surface area (Å²) in [5.41, 5.74) is 14.2. The number of allylic oxidation sites excluding steroid dienone is 5. The van der Waals surface area contributed by atoms with Crippen LogP contribution in [0.15, 0.2) is 42.8 Å². The number of fused-ring (bicyclic) bond motifs is 1. The van der Waals surface area contributed by atoms with Crippen LogP contribution in [0.1, 0.15) is 11.9 Å². The van der Waals surface area contributed by atoms with Gasteiger partial charge in [-0.05, 0) is 31.2 Å². The van der Waals surface area contributed by atoms with E-state index in [4.69, 9.17) is 11.5 Å². The molecule has 4 N–H and O–H groups in total. The van der Waals surface area contributed by atoms with Crippen LogP contribution in [0.5, 0.6) is 0 Å². The Bertz CT molecular complexity index is 659. The van der Waals surface area contributed by atoms with Crippen LogP contribution in [0.3, 0.4) is 0 Å². The van der Waals surface area contributed by atoms with Crippen molar-refractivity contribution < 1.29 is 4.39 Å². The van der Waals surface area contributed by atoms with Gasteiger partial charge in [-0.2, -0.15) is 0 Å². The number of halogens is 1. The normalized spacial score (nSPS) is 12.4. The minimum Gasteiger partial charge on any atom is -0.398 e. The molecule has 2 aromatic rings. The van der Waals surface area contributed by atoms with Crippen molar-refractivity contribution in [1.82, 2.24) is 4.98 Å². The Kier molecular flexibility index (Phi) is 3.66. The zero-order valence-electron chi connectivity index (χ0n) is 10.5. The molecule has 19 heavy (non-hydrogen) atoms. The molecule has 0 amide bonds. The van der Waals surface area contributed by atoms with Gasteiger partial charge in [0, 0.05) is 5.57 Å². The third kappa shape index (κ3) is 2.66. The Morgan fingerprint density at radius 1 is 1.32 bits per heavy atom. The maximum Gasteiger partial charge on any atom is 0.124 e. The first-order chi connectivity index (χ1) is 9.02. The highest BCUT2D eigenvalue weighted by molar-refractivity contribution is 7.20. The minimum atomic E-state index is -0.318. The van der Waals surface area contributed by atoms with Crippen LogP contribution in [0.4, 0.5) is 15.8 Å². The predicted octanol–water partition coefficient (Wildman–Crippen LogP) is 3.90. The van der Waals surface area contributed by atoms with Crippen LogP contribution in [-0.4, -0.2) is 4.98 Å². The molecule has 3 nitrogen and oxygen atoms in total. The monoisotopic (exact) mass is 275 g/mol. The van der Waals surface area contributed by atoms with E-state index in [-0.39, 0.29) is 5.83 Å². The average Bonchev–Trinajstić information content (AvgIpc) is 2.86. The fourth-order valence-corrected chi connectivity index (χ4v) is 2.51. The second-order valence-electron chi connectivity index (χ2n) is 3.97. The number of hydrogen-bond acceptors (Lipinski definition) is 4. The minimum absolute atomic E-state index is 0.318. The van der Waals surface area contributed by atoms with Gasteiger partial charge >= 0.3 is 0 Å². The lowest BCUT2D eigenvalue weighted by atomic mass is 10.2. The Morgan fingerprint density at radius 3 is 2.63 bits per heavy atom. The maximum absolute atomic E-state index is 13.0. The van der Waals surface area contributed by atoms with E-state index in [0.29, 0.717) is 27.5 Å². The number of hydrogen-bond donors (Lipinski definition) is 2. The average molecular weight is 275 g/mol. The number of thiazole rings is 1. The molecule has 0 atom stereocenters. The fraction of sp³-hybridized carbons (Fsp3) is 0.0714. The highest BCUT2D eigenvalue weighted by Gasteiger charge is 2.10. The molecule has 0 spiro atoms. The molecule has 98 valence electrons. The van der Waals surface area contributed by atoms with Crippen LogP contribution >= 0.6 is 11.3 Å². The molecule has 0 saturated carbocycles. The van der Waals surface area contributed by atoms with Crippen molar-refractivity contribution in [2.24, 2.45) is 0 Å². The summed E-state index contributed by atoms with van der Waals surface area (Å²) in [6.07, 6.45) is 4.30. The van der Waals surface area contributed by atoms with E-state index in [0.717, 1.165) is 4.70 Å². The Balaban J connectivity index is 2.42. The topological polar surface area (TPSA) is 64.9 Å². The van der Waals surface area contributed by atoms with Gasteiger partial charge in [0.25, 0.3) is 0 Å². The zero-order valence-corrected chi connectivity index (χ0v) is 11.3. The number of aromatic nitrogens is 1. The first-order valence-corrected chi connectivity index (χ1v) is 6.48. The van der Waals surface area contributed by atoms with E-state index in [9.17, 15) is 4.39 Å². The molecule has 0 aliphatic carbocycles. The molecule has 0 unspecified atom stereocenters. The molecular weight excluding hydrogens is 261 g/mol. The van der Waals surface area contributed by atoms with Gasteiger partial charge in [0.2, 0.25) is 0 Å². The van der Waals surface area contributed by atoms with Gasteiger partial charge in [-0.25, -0.2) is 9.37 Å². The summed E-state index contributed by atoms with van der Waals surface area (Å²) in [4.78, 5) is 4.40. The van der Waals surface area contributed by atoms with Gasteiger partial charge in [0.1, 0.15) is 16.4 Å². The molecule has 2 rings (SSSR count). The number of benzene rings is 1. The van der Waals surface area contributed by atoms with Crippen molar-refractivity contribution in [2.45, 2.75) is 6.92 Å². The smallest absolute Gasteiger partial charge is 0.124 e. The van der Waals surface area contributed by atoms with Crippen molar-refractivity contribution >= 4 is 38.5 Å². The van der Waals surface area contributed by atoms with E-state index in [1.807, 2.05) is 0 Å². The number of anilines is 2. The van der Waals surface area contributed by atoms with E-state index in [1.165, 1.54) is 23.5 Å². The van der Waals surface area contributed by atoms with Crippen LogP contribution in [0.2, 0.25) is 0 Å². The van der Waals surface area contributed by atoms with Gasteiger partial charge in [-0.3, -0.25) is 0 Å². The van der Waals surface area contributed by atoms with E-state index in [2.05, 4.69) is 11.6 Å². The van der Waals surface area contributed by atoms with Crippen molar-refractivity contribution in [1.29, 1.82) is 0 Å². The third-order valence-corrected chi connectivity index (χ3v) is 3.78. The Morgan fingerprint density at radius 2 is 2.00 bits per heavy atom. The quantitative estimate of drug-likeness (QED) is 0.659. The van der Waals surface area contributed by atoms with Gasteiger partial charge < -0.3 is 11.5 Å². The highest BCUT2D eigenvalue weighted by atomic mass is 32.1. The third-order valence-electron chi connectivity index (χ3n) is 2.60. The number of nitrogen functional groups attached to an aromatic ring is 2. The van der Waals surface area contributed by atoms with Gasteiger partial charge in [0.15, 0.2) is 0 Å². The van der Waals surface area contributed by atoms with E-state index in [1.54, 1.807) is 25.1 Å². The molecule has 0 fully saturated rings. The lowest BCUT2D eigenvalue weighted by Crippen LogP contribution is -1.90. The van der Waals surface area contributed by atoms with E-state index < -0.39 is 0 Å². The van der Waals surface area contributed by atoms with Crippen LogP contribution in [0.25, 0.3) is 15.8 Å². The second-order valence-corrected chi connectivity index (χ2v) is 4.97. The summed E-state index contributed by atoms with van der Waals surface area (Å²) < 4.78 is 13.8. The summed E-state index contributed by atoms with van der Waals surface area (Å²) >= 11 is 1.40. The summed E-state index contributed by atoms with van der Waals surface area (Å²) in [6.45, 7) is 5.50. The molecule has 0 aliphatic rings. The second kappa shape index (κ2) is 5.24. The number of rotatable bonds is 3. The fourth-order valence-electron chi connectivity index (χ4n) is 1.53. The van der Waals surface area contributed by atoms with E-state index >= 15 is 0 Å². The molecule has 0 radical (unpaired) electrons. The lowest BCUT2D eigenvalue weighted by Gasteiger charge is -1.96. The molecule has 1 heterocycles. The summed E-state index contributed by atoms with van der Waals surface area (Å²) in [5, 5.41) is 0.680. The maximum atomic E-state index is 13.0. The molecular formula is C14H14FN3S. The summed E-state index contributed by atoms with van der Waals surface area (Å²) in [5.74, 6) is -0.318. The van der Waals surface area contributed by atoms with Crippen LogP contribution in [0, 0.1) is 0 Å². The Labute approximate surface area is 114 Å². The van der Waals surface area contributed by atoms with Gasteiger partial charge in [0.05, 0.1) is 16.1 Å². The molecule has 1 aromatic carbocycles. The summed E-state index contributed by atoms with van der Waals surface area (Å²) in [7, 11) is 0. The molecule has 0 aliphatic heterocycles.